The largest absolute Gasteiger partial charge is 0.474 e. The minimum absolute atomic E-state index is 0.127. The summed E-state index contributed by atoms with van der Waals surface area (Å²) < 4.78 is 4.59. The molecule has 1 heterocycles. The minimum atomic E-state index is -1.27. The molecule has 1 aromatic heterocycles. The number of amides is 1. The van der Waals surface area contributed by atoms with Crippen LogP contribution in [0.2, 0.25) is 0 Å². The summed E-state index contributed by atoms with van der Waals surface area (Å²) in [6, 6.07) is 7.08. The number of nitrogens with zero attached hydrogens (tertiary/aromatic N) is 2. The average Bonchev–Trinajstić information content (AvgIpc) is 2.86. The van der Waals surface area contributed by atoms with E-state index in [1.54, 1.807) is 18.2 Å². The van der Waals surface area contributed by atoms with E-state index >= 15 is 0 Å². The number of aromatic carboxylic acids is 1. The highest BCUT2D eigenvalue weighted by Gasteiger charge is 2.14. The molecule has 1 amide bonds. The first-order valence-corrected chi connectivity index (χ1v) is 5.47. The lowest BCUT2D eigenvalue weighted by molar-refractivity contribution is -0.119. The van der Waals surface area contributed by atoms with E-state index in [9.17, 15) is 9.59 Å². The molecule has 0 fully saturated rings. The van der Waals surface area contributed by atoms with Crippen LogP contribution in [-0.4, -0.2) is 27.1 Å². The van der Waals surface area contributed by atoms with Crippen LogP contribution >= 0.6 is 0 Å². The molecule has 0 radical (unpaired) electrons. The lowest BCUT2D eigenvalue weighted by Gasteiger charge is -2.03. The summed E-state index contributed by atoms with van der Waals surface area (Å²) in [4.78, 5) is 25.2. The molecule has 7 heteroatoms. The summed E-state index contributed by atoms with van der Waals surface area (Å²) in [5.41, 5.74) is 1.48. The first kappa shape index (κ1) is 12.7. The van der Waals surface area contributed by atoms with Crippen molar-refractivity contribution < 1.29 is 19.2 Å². The number of aromatic nitrogens is 2. The van der Waals surface area contributed by atoms with Gasteiger partial charge < -0.3 is 14.9 Å². The van der Waals surface area contributed by atoms with Gasteiger partial charge in [-0.2, -0.15) is 4.98 Å². The first-order chi connectivity index (χ1) is 9.06. The van der Waals surface area contributed by atoms with Crippen molar-refractivity contribution in [3.8, 4) is 11.4 Å². The second kappa shape index (κ2) is 5.30. The number of nitrogens with one attached hydrogen (secondary N) is 1. The van der Waals surface area contributed by atoms with Crippen LogP contribution in [0.4, 0.5) is 0 Å². The van der Waals surface area contributed by atoms with Gasteiger partial charge in [0.1, 0.15) is 0 Å². The predicted molar refractivity (Wildman–Crippen MR) is 64.2 cm³/mol. The van der Waals surface area contributed by atoms with Gasteiger partial charge in [-0.15, -0.1) is 0 Å². The van der Waals surface area contributed by atoms with Gasteiger partial charge >= 0.3 is 11.9 Å². The molecule has 0 bridgehead atoms. The van der Waals surface area contributed by atoms with Crippen LogP contribution in [-0.2, 0) is 11.3 Å². The predicted octanol–water partition coefficient (Wildman–Crippen LogP) is 1.07. The molecule has 19 heavy (non-hydrogen) atoms. The fourth-order valence-electron chi connectivity index (χ4n) is 1.47. The van der Waals surface area contributed by atoms with Crippen LogP contribution in [0.1, 0.15) is 23.2 Å². The van der Waals surface area contributed by atoms with Crippen molar-refractivity contribution in [2.75, 3.05) is 0 Å². The molecule has 0 aliphatic heterocycles. The Labute approximate surface area is 108 Å². The Balaban J connectivity index is 2.21. The van der Waals surface area contributed by atoms with E-state index in [4.69, 9.17) is 5.11 Å². The van der Waals surface area contributed by atoms with Crippen LogP contribution in [0.3, 0.4) is 0 Å². The lowest BCUT2D eigenvalue weighted by atomic mass is 10.1. The maximum Gasteiger partial charge on any atom is 0.394 e. The highest BCUT2D eigenvalue weighted by molar-refractivity contribution is 5.82. The van der Waals surface area contributed by atoms with Gasteiger partial charge in [-0.05, 0) is 11.6 Å². The molecule has 0 unspecified atom stereocenters. The summed E-state index contributed by atoms with van der Waals surface area (Å²) >= 11 is 0. The zero-order valence-electron chi connectivity index (χ0n) is 10.1. The molecule has 0 aliphatic rings. The monoisotopic (exact) mass is 261 g/mol. The number of carbonyl (C=O) groups excluding carboxylic acids is 1. The number of carbonyl (C=O) groups is 2. The van der Waals surface area contributed by atoms with Crippen LogP contribution in [0.15, 0.2) is 28.8 Å². The van der Waals surface area contributed by atoms with Gasteiger partial charge in [0, 0.05) is 19.0 Å². The first-order valence-electron chi connectivity index (χ1n) is 5.47. The molecule has 7 nitrogen and oxygen atoms in total. The van der Waals surface area contributed by atoms with E-state index in [-0.39, 0.29) is 11.7 Å². The average molecular weight is 261 g/mol. The second-order valence-corrected chi connectivity index (χ2v) is 3.84. The fraction of sp³-hybridized carbons (Fsp3) is 0.167. The summed E-state index contributed by atoms with van der Waals surface area (Å²) in [5, 5.41) is 15.0. The summed E-state index contributed by atoms with van der Waals surface area (Å²) in [6.45, 7) is 1.81. The Morgan fingerprint density at radius 3 is 2.84 bits per heavy atom. The summed E-state index contributed by atoms with van der Waals surface area (Å²) in [5.74, 6) is -1.66. The maximum atomic E-state index is 10.8. The number of hydrogen-bond acceptors (Lipinski definition) is 5. The molecule has 2 aromatic rings. The Hall–Kier alpha value is -2.70. The van der Waals surface area contributed by atoms with Gasteiger partial charge in [0.25, 0.3) is 0 Å². The third-order valence-corrected chi connectivity index (χ3v) is 2.34. The smallest absolute Gasteiger partial charge is 0.394 e. The summed E-state index contributed by atoms with van der Waals surface area (Å²) in [7, 11) is 0. The van der Waals surface area contributed by atoms with Crippen LogP contribution in [0.5, 0.6) is 0 Å². The third-order valence-electron chi connectivity index (χ3n) is 2.34. The van der Waals surface area contributed by atoms with Gasteiger partial charge in [-0.3, -0.25) is 4.79 Å². The molecule has 0 aliphatic carbocycles. The number of benzene rings is 1. The van der Waals surface area contributed by atoms with Crippen LogP contribution in [0.25, 0.3) is 11.4 Å². The van der Waals surface area contributed by atoms with E-state index in [1.807, 2.05) is 6.07 Å². The van der Waals surface area contributed by atoms with Crippen molar-refractivity contribution in [3.63, 3.8) is 0 Å². The molecule has 0 saturated heterocycles. The number of carboxylic acid groups (broad SMARTS) is 1. The molecule has 1 aromatic carbocycles. The molecular formula is C12H11N3O4. The van der Waals surface area contributed by atoms with Gasteiger partial charge in [-0.1, -0.05) is 23.4 Å². The molecule has 0 saturated carbocycles. The number of hydrogen-bond donors (Lipinski definition) is 2. The Kier molecular flexibility index (Phi) is 3.56. The topological polar surface area (TPSA) is 105 Å². The lowest BCUT2D eigenvalue weighted by Crippen LogP contribution is -2.18. The highest BCUT2D eigenvalue weighted by atomic mass is 16.5. The van der Waals surface area contributed by atoms with Crippen molar-refractivity contribution >= 4 is 11.9 Å². The third kappa shape index (κ3) is 3.15. The van der Waals surface area contributed by atoms with Crippen molar-refractivity contribution in [3.05, 3.63) is 35.7 Å². The molecule has 0 spiro atoms. The molecule has 0 atom stereocenters. The zero-order chi connectivity index (χ0) is 13.8. The van der Waals surface area contributed by atoms with Gasteiger partial charge in [-0.25, -0.2) is 4.79 Å². The Morgan fingerprint density at radius 1 is 1.42 bits per heavy atom. The van der Waals surface area contributed by atoms with Gasteiger partial charge in [0.2, 0.25) is 11.7 Å². The van der Waals surface area contributed by atoms with E-state index in [0.29, 0.717) is 12.1 Å². The molecular weight excluding hydrogens is 250 g/mol. The van der Waals surface area contributed by atoms with Crippen molar-refractivity contribution in [2.24, 2.45) is 0 Å². The van der Waals surface area contributed by atoms with E-state index in [0.717, 1.165) is 5.56 Å². The Morgan fingerprint density at radius 2 is 2.21 bits per heavy atom. The van der Waals surface area contributed by atoms with Gasteiger partial charge in [0.05, 0.1) is 0 Å². The standard InChI is InChI=1S/C12H11N3O4/c1-7(16)13-6-8-3-2-4-9(5-8)10-14-11(12(17)18)19-15-10/h2-5H,6H2,1H3,(H,13,16)(H,17,18). The molecule has 98 valence electrons. The summed E-state index contributed by atoms with van der Waals surface area (Å²) in [6.07, 6.45) is 0. The van der Waals surface area contributed by atoms with Crippen LogP contribution in [0, 0.1) is 0 Å². The molecule has 2 N–H and O–H groups in total. The van der Waals surface area contributed by atoms with E-state index < -0.39 is 11.9 Å². The number of carboxylic acids is 1. The highest BCUT2D eigenvalue weighted by Crippen LogP contribution is 2.17. The zero-order valence-corrected chi connectivity index (χ0v) is 10.1. The second-order valence-electron chi connectivity index (χ2n) is 3.84. The fourth-order valence-corrected chi connectivity index (χ4v) is 1.47. The van der Waals surface area contributed by atoms with Crippen LogP contribution < -0.4 is 5.32 Å². The normalized spacial score (nSPS) is 10.2. The maximum absolute atomic E-state index is 10.8. The van der Waals surface area contributed by atoms with Crippen molar-refractivity contribution in [2.45, 2.75) is 13.5 Å². The number of rotatable bonds is 4. The Bertz CT molecular complexity index is 621. The van der Waals surface area contributed by atoms with Crippen molar-refractivity contribution in [1.82, 2.24) is 15.5 Å². The SMILES string of the molecule is CC(=O)NCc1cccc(-c2noc(C(=O)O)n2)c1. The van der Waals surface area contributed by atoms with Gasteiger partial charge in [0.15, 0.2) is 0 Å². The molecule has 2 rings (SSSR count). The van der Waals surface area contributed by atoms with E-state index in [2.05, 4.69) is 20.0 Å². The minimum Gasteiger partial charge on any atom is -0.474 e. The van der Waals surface area contributed by atoms with Crippen molar-refractivity contribution in [1.29, 1.82) is 0 Å². The quantitative estimate of drug-likeness (QED) is 0.852. The van der Waals surface area contributed by atoms with E-state index in [1.165, 1.54) is 6.92 Å².